The summed E-state index contributed by atoms with van der Waals surface area (Å²) in [7, 11) is 0. The molecule has 0 aromatic carbocycles. The number of rotatable bonds is 2. The van der Waals surface area contributed by atoms with Crippen LogP contribution >= 0.6 is 0 Å². The van der Waals surface area contributed by atoms with E-state index in [4.69, 9.17) is 0 Å². The molecule has 0 aliphatic carbocycles. The molecule has 0 aromatic rings. The van der Waals surface area contributed by atoms with Gasteiger partial charge in [-0.15, -0.1) is 0 Å². The van der Waals surface area contributed by atoms with Crippen LogP contribution in [-0.2, 0) is 56.3 Å². The van der Waals surface area contributed by atoms with E-state index in [1.807, 2.05) is 0 Å². The second-order valence-electron chi connectivity index (χ2n) is 0.330. The van der Waals surface area contributed by atoms with Gasteiger partial charge >= 0.3 is 60.5 Å². The Balaban J connectivity index is 2.99. The van der Waals surface area contributed by atoms with Gasteiger partial charge in [-0.05, 0) is 0 Å². The zero-order valence-electron chi connectivity index (χ0n) is 2.39. The van der Waals surface area contributed by atoms with Crippen LogP contribution in [0.25, 0.3) is 0 Å². The van der Waals surface area contributed by atoms with E-state index in [2.05, 4.69) is 5.81 Å². The van der Waals surface area contributed by atoms with E-state index < -0.39 is 11.4 Å². The van der Waals surface area contributed by atoms with Crippen LogP contribution in [0.15, 0.2) is 0 Å². The Bertz CT molecular complexity index is 46.8. The molecule has 0 fully saturated rings. The molecule has 0 aromatic heterocycles. The van der Waals surface area contributed by atoms with Gasteiger partial charge in [0.2, 0.25) is 0 Å². The monoisotopic (exact) mass is 454 g/mol. The van der Waals surface area contributed by atoms with E-state index in [1.54, 1.807) is 0 Å². The van der Waals surface area contributed by atoms with Crippen molar-refractivity contribution in [3.8, 4) is 0 Å². The number of hydrogen-bond acceptors (Lipinski definition) is 3. The fraction of sp³-hybridized carbons (Fsp3) is 0. The fourth-order valence-corrected chi connectivity index (χ4v) is 1.95. The first-order chi connectivity index (χ1) is 2.81. The second kappa shape index (κ2) is 4.55. The summed E-state index contributed by atoms with van der Waals surface area (Å²) < 4.78 is 18.3. The van der Waals surface area contributed by atoms with Gasteiger partial charge in [0.05, 0.1) is 0 Å². The summed E-state index contributed by atoms with van der Waals surface area (Å²) in [4.78, 5) is 0. The average molecular weight is 452 g/mol. The number of hydrogen-bond donors (Lipinski definition) is 0. The van der Waals surface area contributed by atoms with E-state index in [9.17, 15) is 4.21 Å². The Labute approximate surface area is 60.3 Å². The molecule has 0 radical (unpaired) electrons. The van der Waals surface area contributed by atoms with Crippen molar-refractivity contribution in [2.75, 3.05) is 0 Å². The van der Waals surface area contributed by atoms with Crippen molar-refractivity contribution in [2.24, 2.45) is 0 Å². The quantitative estimate of drug-likeness (QED) is 0.568. The molecular formula is O3Re2S. The summed E-state index contributed by atoms with van der Waals surface area (Å²) in [6.45, 7) is 0. The third-order valence-corrected chi connectivity index (χ3v) is 2.53. The van der Waals surface area contributed by atoms with Crippen LogP contribution in [0.1, 0.15) is 0 Å². The molecule has 0 saturated carbocycles. The van der Waals surface area contributed by atoms with Crippen molar-refractivity contribution < 1.29 is 49.2 Å². The maximum absolute atomic E-state index is 9.88. The maximum atomic E-state index is 9.88. The molecular weight excluding hydrogens is 452 g/mol. The van der Waals surface area contributed by atoms with Gasteiger partial charge in [-0.3, -0.25) is 0 Å². The Morgan fingerprint density at radius 3 is 1.67 bits per heavy atom. The van der Waals surface area contributed by atoms with E-state index in [0.717, 1.165) is 39.1 Å². The zero-order chi connectivity index (χ0) is 4.99. The van der Waals surface area contributed by atoms with Crippen LogP contribution in [0.3, 0.4) is 0 Å². The van der Waals surface area contributed by atoms with Crippen LogP contribution in [0, 0.1) is 0 Å². The van der Waals surface area contributed by atoms with Crippen LogP contribution in [0.4, 0.5) is 0 Å². The molecule has 6 heavy (non-hydrogen) atoms. The summed E-state index contributed by atoms with van der Waals surface area (Å²) in [5.74, 6) is 0. The topological polar surface area (TPSA) is 35.5 Å². The standard InChI is InChI=1S/H2O3S.2Re/c1-4(2)3;;/h(H2,1,2,3);;/q;2*+1/p-2. The molecule has 0 N–H and O–H groups in total. The van der Waals surface area contributed by atoms with Gasteiger partial charge in [0, 0.05) is 0 Å². The summed E-state index contributed by atoms with van der Waals surface area (Å²) in [5.41, 5.74) is 0. The average Bonchev–Trinajstić information content (AvgIpc) is 1.65. The van der Waals surface area contributed by atoms with Crippen LogP contribution in [0.5, 0.6) is 0 Å². The molecule has 0 aliphatic rings. The predicted octanol–water partition coefficient (Wildman–Crippen LogP) is -0.478. The van der Waals surface area contributed by atoms with Gasteiger partial charge in [-0.1, -0.05) is 0 Å². The Hall–Kier alpha value is 1.39. The molecule has 6 heteroatoms. The zero-order valence-corrected chi connectivity index (χ0v) is 8.64. The first-order valence-corrected chi connectivity index (χ1v) is 4.03. The van der Waals surface area contributed by atoms with Crippen molar-refractivity contribution in [3.05, 3.63) is 0 Å². The molecule has 0 saturated heterocycles. The summed E-state index contributed by atoms with van der Waals surface area (Å²) in [6.07, 6.45) is 0. The minimum atomic E-state index is -1.48. The molecule has 0 heterocycles. The molecule has 0 spiro atoms. The third kappa shape index (κ3) is 3.58. The van der Waals surface area contributed by atoms with E-state index in [1.165, 1.54) is 0 Å². The SMILES string of the molecule is O=S([O][Re])[O][Re]. The Morgan fingerprint density at radius 1 is 1.33 bits per heavy atom. The van der Waals surface area contributed by atoms with E-state index in [0.29, 0.717) is 0 Å². The van der Waals surface area contributed by atoms with E-state index >= 15 is 0 Å². The fourth-order valence-electron chi connectivity index (χ4n) is 0.00972. The first kappa shape index (κ1) is 7.39. The van der Waals surface area contributed by atoms with Crippen LogP contribution < -0.4 is 0 Å². The molecule has 3 nitrogen and oxygen atoms in total. The normalized spacial score (nSPS) is 9.83. The molecule has 0 aliphatic heterocycles. The van der Waals surface area contributed by atoms with Crippen molar-refractivity contribution in [1.82, 2.24) is 0 Å². The summed E-state index contributed by atoms with van der Waals surface area (Å²) in [6, 6.07) is 0. The van der Waals surface area contributed by atoms with Crippen molar-refractivity contribution in [2.45, 2.75) is 0 Å². The van der Waals surface area contributed by atoms with Gasteiger partial charge in [0.1, 0.15) is 0 Å². The predicted molar refractivity (Wildman–Crippen MR) is 10.3 cm³/mol. The molecule has 0 unspecified atom stereocenters. The molecule has 0 bridgehead atoms. The molecule has 0 amide bonds. The third-order valence-electron chi connectivity index (χ3n) is 0.103. The second-order valence-corrected chi connectivity index (χ2v) is 3.71. The van der Waals surface area contributed by atoms with Gasteiger partial charge in [-0.25, -0.2) is 0 Å². The van der Waals surface area contributed by atoms with Crippen molar-refractivity contribution in [1.29, 1.82) is 0 Å². The van der Waals surface area contributed by atoms with Gasteiger partial charge < -0.3 is 0 Å². The first-order valence-electron chi connectivity index (χ1n) is 0.809. The van der Waals surface area contributed by atoms with Gasteiger partial charge in [-0.2, -0.15) is 0 Å². The van der Waals surface area contributed by atoms with Crippen LogP contribution in [-0.4, -0.2) is 4.21 Å². The molecule has 0 rings (SSSR count). The Morgan fingerprint density at radius 2 is 1.67 bits per heavy atom. The van der Waals surface area contributed by atoms with Crippen molar-refractivity contribution >= 4 is 11.4 Å². The van der Waals surface area contributed by atoms with Gasteiger partial charge in [0.25, 0.3) is 0 Å². The molecule has 38 valence electrons. The summed E-state index contributed by atoms with van der Waals surface area (Å²) in [5, 5.41) is 0. The Kier molecular flexibility index (Phi) is 5.61. The minimum absolute atomic E-state index is 0.975. The summed E-state index contributed by atoms with van der Waals surface area (Å²) >= 11 is 0.465. The van der Waals surface area contributed by atoms with Gasteiger partial charge in [0.15, 0.2) is 0 Å². The van der Waals surface area contributed by atoms with Crippen LogP contribution in [0.2, 0.25) is 0 Å². The van der Waals surface area contributed by atoms with E-state index in [-0.39, 0.29) is 0 Å². The molecule has 0 atom stereocenters. The van der Waals surface area contributed by atoms with Crippen molar-refractivity contribution in [3.63, 3.8) is 0 Å².